The molecule has 0 aliphatic heterocycles. The average molecular weight is 216 g/mol. The molecule has 0 aliphatic rings. The van der Waals surface area contributed by atoms with Crippen LogP contribution in [0.2, 0.25) is 0 Å². The number of carbonyl (C=O) groups is 1. The van der Waals surface area contributed by atoms with Crippen molar-refractivity contribution in [3.8, 4) is 0 Å². The number of nitrogens with two attached hydrogens (primary N) is 1. The van der Waals surface area contributed by atoms with Crippen molar-refractivity contribution < 1.29 is 9.90 Å². The summed E-state index contributed by atoms with van der Waals surface area (Å²) in [6.07, 6.45) is 2.93. The third kappa shape index (κ3) is 8.39. The van der Waals surface area contributed by atoms with Gasteiger partial charge in [-0.2, -0.15) is 0 Å². The molecule has 1 unspecified atom stereocenters. The summed E-state index contributed by atoms with van der Waals surface area (Å²) < 4.78 is 0. The van der Waals surface area contributed by atoms with Crippen molar-refractivity contribution in [2.45, 2.75) is 45.6 Å². The van der Waals surface area contributed by atoms with E-state index in [1.165, 1.54) is 0 Å². The van der Waals surface area contributed by atoms with Crippen LogP contribution in [0.4, 0.5) is 0 Å². The molecule has 1 atom stereocenters. The third-order valence-corrected chi connectivity index (χ3v) is 2.39. The molecule has 0 aromatic rings. The molecule has 15 heavy (non-hydrogen) atoms. The lowest BCUT2D eigenvalue weighted by atomic mass is 10.1. The van der Waals surface area contributed by atoms with Crippen LogP contribution in [0, 0.1) is 5.92 Å². The van der Waals surface area contributed by atoms with Crippen molar-refractivity contribution in [3.05, 3.63) is 0 Å². The van der Waals surface area contributed by atoms with Crippen molar-refractivity contribution >= 4 is 5.91 Å². The highest BCUT2D eigenvalue weighted by molar-refractivity contribution is 5.75. The van der Waals surface area contributed by atoms with E-state index in [2.05, 4.69) is 5.32 Å². The molecule has 0 aromatic heterocycles. The molecule has 4 heteroatoms. The van der Waals surface area contributed by atoms with Gasteiger partial charge in [0.15, 0.2) is 0 Å². The van der Waals surface area contributed by atoms with Gasteiger partial charge in [0.25, 0.3) is 0 Å². The molecule has 90 valence electrons. The van der Waals surface area contributed by atoms with Crippen molar-refractivity contribution in [3.63, 3.8) is 0 Å². The SMILES string of the molecule is CC(C)C(O)CNC(=O)CCCCCN. The molecule has 1 amide bonds. The summed E-state index contributed by atoms with van der Waals surface area (Å²) in [4.78, 5) is 11.3. The highest BCUT2D eigenvalue weighted by atomic mass is 16.3. The van der Waals surface area contributed by atoms with E-state index in [1.54, 1.807) is 0 Å². The van der Waals surface area contributed by atoms with Gasteiger partial charge in [0.1, 0.15) is 0 Å². The minimum absolute atomic E-state index is 0.0201. The first-order chi connectivity index (χ1) is 7.07. The summed E-state index contributed by atoms with van der Waals surface area (Å²) in [5, 5.41) is 12.2. The highest BCUT2D eigenvalue weighted by Gasteiger charge is 2.10. The lowest BCUT2D eigenvalue weighted by molar-refractivity contribution is -0.121. The standard InChI is InChI=1S/C11H24N2O2/c1-9(2)10(14)8-13-11(15)6-4-3-5-7-12/h9-10,14H,3-8,12H2,1-2H3,(H,13,15). The van der Waals surface area contributed by atoms with Crippen LogP contribution in [0.25, 0.3) is 0 Å². The largest absolute Gasteiger partial charge is 0.391 e. The number of amides is 1. The molecule has 0 rings (SSSR count). The Bertz CT molecular complexity index is 172. The lowest BCUT2D eigenvalue weighted by Crippen LogP contribution is -2.34. The fraction of sp³-hybridized carbons (Fsp3) is 0.909. The first kappa shape index (κ1) is 14.4. The summed E-state index contributed by atoms with van der Waals surface area (Å²) in [5.74, 6) is 0.203. The fourth-order valence-electron chi connectivity index (χ4n) is 1.15. The number of unbranched alkanes of at least 4 members (excludes halogenated alkanes) is 2. The van der Waals surface area contributed by atoms with Crippen LogP contribution in [-0.2, 0) is 4.79 Å². The molecule has 0 fully saturated rings. The van der Waals surface area contributed by atoms with Gasteiger partial charge in [0.2, 0.25) is 5.91 Å². The van der Waals surface area contributed by atoms with Crippen LogP contribution in [-0.4, -0.2) is 30.2 Å². The maximum absolute atomic E-state index is 11.3. The fourth-order valence-corrected chi connectivity index (χ4v) is 1.15. The molecule has 0 radical (unpaired) electrons. The van der Waals surface area contributed by atoms with E-state index in [0.29, 0.717) is 19.5 Å². The van der Waals surface area contributed by atoms with E-state index in [-0.39, 0.29) is 11.8 Å². The second-order valence-corrected chi connectivity index (χ2v) is 4.21. The molecule has 0 aromatic carbocycles. The minimum Gasteiger partial charge on any atom is -0.391 e. The van der Waals surface area contributed by atoms with Gasteiger partial charge in [-0.15, -0.1) is 0 Å². The zero-order valence-corrected chi connectivity index (χ0v) is 9.83. The summed E-state index contributed by atoms with van der Waals surface area (Å²) in [6, 6.07) is 0. The first-order valence-electron chi connectivity index (χ1n) is 5.72. The van der Waals surface area contributed by atoms with Crippen LogP contribution in [0.5, 0.6) is 0 Å². The first-order valence-corrected chi connectivity index (χ1v) is 5.72. The maximum atomic E-state index is 11.3. The normalized spacial score (nSPS) is 12.9. The van der Waals surface area contributed by atoms with Crippen molar-refractivity contribution in [2.24, 2.45) is 11.7 Å². The molecular formula is C11H24N2O2. The van der Waals surface area contributed by atoms with E-state index in [0.717, 1.165) is 19.3 Å². The van der Waals surface area contributed by atoms with Gasteiger partial charge in [-0.1, -0.05) is 20.3 Å². The van der Waals surface area contributed by atoms with Gasteiger partial charge < -0.3 is 16.2 Å². The lowest BCUT2D eigenvalue weighted by Gasteiger charge is -2.14. The quantitative estimate of drug-likeness (QED) is 0.521. The number of hydrogen-bond acceptors (Lipinski definition) is 3. The molecule has 0 heterocycles. The smallest absolute Gasteiger partial charge is 0.220 e. The van der Waals surface area contributed by atoms with Crippen LogP contribution in [0.3, 0.4) is 0 Å². The van der Waals surface area contributed by atoms with E-state index < -0.39 is 6.10 Å². The van der Waals surface area contributed by atoms with Crippen molar-refractivity contribution in [1.29, 1.82) is 0 Å². The van der Waals surface area contributed by atoms with Gasteiger partial charge in [0, 0.05) is 13.0 Å². The van der Waals surface area contributed by atoms with Crippen LogP contribution >= 0.6 is 0 Å². The van der Waals surface area contributed by atoms with E-state index in [4.69, 9.17) is 5.73 Å². The topological polar surface area (TPSA) is 75.3 Å². The summed E-state index contributed by atoms with van der Waals surface area (Å²) in [5.41, 5.74) is 5.34. The molecule has 0 saturated carbocycles. The number of aliphatic hydroxyl groups excluding tert-OH is 1. The molecule has 4 nitrogen and oxygen atoms in total. The average Bonchev–Trinajstić information content (AvgIpc) is 2.20. The van der Waals surface area contributed by atoms with Crippen LogP contribution in [0.1, 0.15) is 39.5 Å². The number of nitrogens with one attached hydrogen (secondary N) is 1. The van der Waals surface area contributed by atoms with Gasteiger partial charge in [-0.3, -0.25) is 4.79 Å². The van der Waals surface area contributed by atoms with Gasteiger partial charge in [-0.25, -0.2) is 0 Å². The Hall–Kier alpha value is -0.610. The number of aliphatic hydroxyl groups is 1. The summed E-state index contributed by atoms with van der Waals surface area (Å²) in [6.45, 7) is 4.90. The zero-order chi connectivity index (χ0) is 11.7. The Kier molecular flexibility index (Phi) is 8.33. The Morgan fingerprint density at radius 1 is 1.33 bits per heavy atom. The predicted molar refractivity (Wildman–Crippen MR) is 61.4 cm³/mol. The Balaban J connectivity index is 3.41. The number of rotatable bonds is 8. The Morgan fingerprint density at radius 3 is 2.53 bits per heavy atom. The van der Waals surface area contributed by atoms with E-state index in [9.17, 15) is 9.90 Å². The molecule has 4 N–H and O–H groups in total. The van der Waals surface area contributed by atoms with Gasteiger partial charge in [0.05, 0.1) is 6.10 Å². The molecule has 0 bridgehead atoms. The molecular weight excluding hydrogens is 192 g/mol. The van der Waals surface area contributed by atoms with Crippen LogP contribution < -0.4 is 11.1 Å². The summed E-state index contributed by atoms with van der Waals surface area (Å²) in [7, 11) is 0. The molecule has 0 aliphatic carbocycles. The van der Waals surface area contributed by atoms with E-state index in [1.807, 2.05) is 13.8 Å². The Labute approximate surface area is 92.2 Å². The predicted octanol–water partition coefficient (Wildman–Crippen LogP) is 0.639. The van der Waals surface area contributed by atoms with Crippen LogP contribution in [0.15, 0.2) is 0 Å². The molecule has 0 spiro atoms. The van der Waals surface area contributed by atoms with Gasteiger partial charge >= 0.3 is 0 Å². The number of carbonyl (C=O) groups excluding carboxylic acids is 1. The number of hydrogen-bond donors (Lipinski definition) is 3. The van der Waals surface area contributed by atoms with Crippen molar-refractivity contribution in [2.75, 3.05) is 13.1 Å². The third-order valence-electron chi connectivity index (χ3n) is 2.39. The van der Waals surface area contributed by atoms with E-state index >= 15 is 0 Å². The highest BCUT2D eigenvalue weighted by Crippen LogP contribution is 2.01. The minimum atomic E-state index is -0.446. The van der Waals surface area contributed by atoms with Crippen molar-refractivity contribution in [1.82, 2.24) is 5.32 Å². The second-order valence-electron chi connectivity index (χ2n) is 4.21. The monoisotopic (exact) mass is 216 g/mol. The zero-order valence-electron chi connectivity index (χ0n) is 9.83. The molecule has 0 saturated heterocycles. The Morgan fingerprint density at radius 2 is 2.00 bits per heavy atom. The summed E-state index contributed by atoms with van der Waals surface area (Å²) >= 11 is 0. The maximum Gasteiger partial charge on any atom is 0.220 e. The van der Waals surface area contributed by atoms with Gasteiger partial charge in [-0.05, 0) is 25.3 Å². The second kappa shape index (κ2) is 8.68.